The van der Waals surface area contributed by atoms with E-state index in [1.54, 1.807) is 6.20 Å². The molecule has 1 saturated heterocycles. The molecule has 0 aromatic carbocycles. The number of fused-ring (bicyclic) bond motifs is 1. The van der Waals surface area contributed by atoms with E-state index in [2.05, 4.69) is 9.97 Å². The fraction of sp³-hybridized carbons (Fsp3) is 0.429. The van der Waals surface area contributed by atoms with Crippen LogP contribution in [0.2, 0.25) is 0 Å². The maximum Gasteiger partial charge on any atom is 0.227 e. The molecule has 3 heterocycles. The Morgan fingerprint density at radius 1 is 1.63 bits per heavy atom. The molecule has 0 radical (unpaired) electrons. The Labute approximate surface area is 111 Å². The van der Waals surface area contributed by atoms with Gasteiger partial charge in [-0.25, -0.2) is 4.98 Å². The average Bonchev–Trinajstić information content (AvgIpc) is 3.08. The van der Waals surface area contributed by atoms with Gasteiger partial charge in [-0.2, -0.15) is 0 Å². The Balaban J connectivity index is 1.75. The van der Waals surface area contributed by atoms with Gasteiger partial charge in [-0.15, -0.1) is 0 Å². The summed E-state index contributed by atoms with van der Waals surface area (Å²) >= 11 is 0. The normalized spacial score (nSPS) is 18.9. The average molecular weight is 259 g/mol. The maximum absolute atomic E-state index is 12.3. The minimum Gasteiger partial charge on any atom is -0.379 e. The van der Waals surface area contributed by atoms with Crippen LogP contribution in [0.15, 0.2) is 24.5 Å². The fourth-order valence-corrected chi connectivity index (χ4v) is 2.48. The van der Waals surface area contributed by atoms with Gasteiger partial charge in [0.25, 0.3) is 0 Å². The summed E-state index contributed by atoms with van der Waals surface area (Å²) < 4.78 is 5.32. The zero-order valence-electron chi connectivity index (χ0n) is 10.9. The van der Waals surface area contributed by atoms with Gasteiger partial charge in [0.1, 0.15) is 5.65 Å². The molecule has 1 N–H and O–H groups in total. The third kappa shape index (κ3) is 2.33. The summed E-state index contributed by atoms with van der Waals surface area (Å²) in [7, 11) is 1.86. The molecule has 1 unspecified atom stereocenters. The van der Waals surface area contributed by atoms with Crippen LogP contribution >= 0.6 is 0 Å². The van der Waals surface area contributed by atoms with E-state index in [1.165, 1.54) is 0 Å². The van der Waals surface area contributed by atoms with Gasteiger partial charge in [-0.1, -0.05) is 0 Å². The summed E-state index contributed by atoms with van der Waals surface area (Å²) in [6.45, 7) is 1.40. The number of carbonyl (C=O) groups excluding carboxylic acids is 1. The highest BCUT2D eigenvalue weighted by atomic mass is 16.5. The lowest BCUT2D eigenvalue weighted by molar-refractivity contribution is -0.131. The second kappa shape index (κ2) is 5.01. The van der Waals surface area contributed by atoms with Crippen molar-refractivity contribution in [2.75, 3.05) is 20.3 Å². The van der Waals surface area contributed by atoms with E-state index in [0.717, 1.165) is 29.6 Å². The van der Waals surface area contributed by atoms with Crippen LogP contribution in [-0.2, 0) is 16.0 Å². The van der Waals surface area contributed by atoms with Gasteiger partial charge >= 0.3 is 0 Å². The number of carbonyl (C=O) groups is 1. The Morgan fingerprint density at radius 3 is 3.32 bits per heavy atom. The fourth-order valence-electron chi connectivity index (χ4n) is 2.48. The monoisotopic (exact) mass is 259 g/mol. The van der Waals surface area contributed by atoms with E-state index in [-0.39, 0.29) is 11.9 Å². The summed E-state index contributed by atoms with van der Waals surface area (Å²) in [5, 5.41) is 1.02. The number of hydrogen-bond acceptors (Lipinski definition) is 3. The molecule has 2 aromatic rings. The Kier molecular flexibility index (Phi) is 3.21. The summed E-state index contributed by atoms with van der Waals surface area (Å²) in [6, 6.07) is 4.09. The van der Waals surface area contributed by atoms with Crippen LogP contribution in [0.3, 0.4) is 0 Å². The highest BCUT2D eigenvalue weighted by Gasteiger charge is 2.24. The van der Waals surface area contributed by atoms with Gasteiger partial charge in [-0.05, 0) is 24.1 Å². The van der Waals surface area contributed by atoms with E-state index in [4.69, 9.17) is 4.74 Å². The molecular weight excluding hydrogens is 242 g/mol. The number of nitrogens with one attached hydrogen (secondary N) is 1. The van der Waals surface area contributed by atoms with E-state index in [0.29, 0.717) is 13.0 Å². The summed E-state index contributed by atoms with van der Waals surface area (Å²) in [5.74, 6) is 0.125. The molecule has 5 nitrogen and oxygen atoms in total. The highest BCUT2D eigenvalue weighted by Crippen LogP contribution is 2.18. The predicted octanol–water partition coefficient (Wildman–Crippen LogP) is 1.35. The zero-order chi connectivity index (χ0) is 13.2. The molecule has 1 atom stereocenters. The first-order valence-corrected chi connectivity index (χ1v) is 6.50. The van der Waals surface area contributed by atoms with Crippen LogP contribution in [0.25, 0.3) is 11.0 Å². The number of hydrogen-bond donors (Lipinski definition) is 1. The molecular formula is C14H17N3O2. The third-order valence-corrected chi connectivity index (χ3v) is 3.73. The Bertz CT molecular complexity index is 587. The maximum atomic E-state index is 12.3. The first-order chi connectivity index (χ1) is 9.25. The predicted molar refractivity (Wildman–Crippen MR) is 71.8 cm³/mol. The minimum atomic E-state index is 0.125. The molecule has 100 valence electrons. The van der Waals surface area contributed by atoms with Gasteiger partial charge in [-0.3, -0.25) is 4.79 Å². The number of nitrogens with zero attached hydrogens (tertiary/aromatic N) is 2. The smallest absolute Gasteiger partial charge is 0.227 e. The zero-order valence-corrected chi connectivity index (χ0v) is 10.9. The quantitative estimate of drug-likeness (QED) is 0.905. The number of rotatable bonds is 3. The van der Waals surface area contributed by atoms with Crippen molar-refractivity contribution in [3.63, 3.8) is 0 Å². The highest BCUT2D eigenvalue weighted by molar-refractivity contribution is 5.87. The van der Waals surface area contributed by atoms with Gasteiger partial charge in [0.2, 0.25) is 5.91 Å². The molecule has 1 aliphatic rings. The molecule has 5 heteroatoms. The van der Waals surface area contributed by atoms with E-state index in [1.807, 2.05) is 30.3 Å². The topological polar surface area (TPSA) is 58.2 Å². The standard InChI is InChI=1S/C14H17N3O2/c1-17(11-4-6-19-9-11)13(18)7-10-8-16-14-12(10)3-2-5-15-14/h2-3,5,8,11H,4,6-7,9H2,1H3,(H,15,16). The number of pyridine rings is 1. The van der Waals surface area contributed by atoms with Gasteiger partial charge in [0, 0.05) is 31.4 Å². The van der Waals surface area contributed by atoms with Crippen molar-refractivity contribution >= 4 is 16.9 Å². The minimum absolute atomic E-state index is 0.125. The van der Waals surface area contributed by atoms with Crippen LogP contribution in [0.5, 0.6) is 0 Å². The van der Waals surface area contributed by atoms with Crippen molar-refractivity contribution in [3.05, 3.63) is 30.1 Å². The van der Waals surface area contributed by atoms with Crippen molar-refractivity contribution in [2.24, 2.45) is 0 Å². The van der Waals surface area contributed by atoms with Crippen LogP contribution in [0, 0.1) is 0 Å². The van der Waals surface area contributed by atoms with E-state index >= 15 is 0 Å². The number of ether oxygens (including phenoxy) is 1. The number of aromatic nitrogens is 2. The van der Waals surface area contributed by atoms with E-state index in [9.17, 15) is 4.79 Å². The number of H-pyrrole nitrogens is 1. The van der Waals surface area contributed by atoms with Crippen molar-refractivity contribution < 1.29 is 9.53 Å². The van der Waals surface area contributed by atoms with Gasteiger partial charge in [0.05, 0.1) is 19.1 Å². The van der Waals surface area contributed by atoms with Crippen molar-refractivity contribution in [1.82, 2.24) is 14.9 Å². The van der Waals surface area contributed by atoms with Crippen LogP contribution < -0.4 is 0 Å². The lowest BCUT2D eigenvalue weighted by Crippen LogP contribution is -2.38. The van der Waals surface area contributed by atoms with Crippen LogP contribution in [-0.4, -0.2) is 47.1 Å². The Hall–Kier alpha value is -1.88. The lowest BCUT2D eigenvalue weighted by Gasteiger charge is -2.23. The summed E-state index contributed by atoms with van der Waals surface area (Å²) in [5.41, 5.74) is 1.83. The van der Waals surface area contributed by atoms with Crippen molar-refractivity contribution in [2.45, 2.75) is 18.9 Å². The molecule has 3 rings (SSSR count). The SMILES string of the molecule is CN(C(=O)Cc1c[nH]c2ncccc12)C1CCOC1. The van der Waals surface area contributed by atoms with E-state index < -0.39 is 0 Å². The van der Waals surface area contributed by atoms with Crippen molar-refractivity contribution in [3.8, 4) is 0 Å². The first-order valence-electron chi connectivity index (χ1n) is 6.50. The second-order valence-electron chi connectivity index (χ2n) is 4.91. The molecule has 1 fully saturated rings. The number of amides is 1. The number of aromatic amines is 1. The van der Waals surface area contributed by atoms with Crippen molar-refractivity contribution in [1.29, 1.82) is 0 Å². The molecule has 0 saturated carbocycles. The Morgan fingerprint density at radius 2 is 2.53 bits per heavy atom. The second-order valence-corrected chi connectivity index (χ2v) is 4.91. The van der Waals surface area contributed by atoms with Gasteiger partial charge < -0.3 is 14.6 Å². The largest absolute Gasteiger partial charge is 0.379 e. The summed E-state index contributed by atoms with van der Waals surface area (Å²) in [6.07, 6.45) is 4.94. The molecule has 2 aromatic heterocycles. The summed E-state index contributed by atoms with van der Waals surface area (Å²) in [4.78, 5) is 21.4. The van der Waals surface area contributed by atoms with Crippen LogP contribution in [0.4, 0.5) is 0 Å². The van der Waals surface area contributed by atoms with Crippen LogP contribution in [0.1, 0.15) is 12.0 Å². The van der Waals surface area contributed by atoms with Gasteiger partial charge in [0.15, 0.2) is 0 Å². The lowest BCUT2D eigenvalue weighted by atomic mass is 10.1. The molecule has 0 bridgehead atoms. The molecule has 1 amide bonds. The third-order valence-electron chi connectivity index (χ3n) is 3.73. The molecule has 0 aliphatic carbocycles. The number of likely N-dealkylation sites (N-methyl/N-ethyl adjacent to an activating group) is 1. The molecule has 1 aliphatic heterocycles. The molecule has 19 heavy (non-hydrogen) atoms. The first kappa shape index (κ1) is 12.2. The molecule has 0 spiro atoms.